The summed E-state index contributed by atoms with van der Waals surface area (Å²) in [6.07, 6.45) is 5.02. The van der Waals surface area contributed by atoms with Gasteiger partial charge in [0.25, 0.3) is 0 Å². The van der Waals surface area contributed by atoms with Crippen LogP contribution in [0.3, 0.4) is 0 Å². The van der Waals surface area contributed by atoms with E-state index in [1.165, 1.54) is 78.0 Å². The highest BCUT2D eigenvalue weighted by molar-refractivity contribution is 5.78. The number of piperazine rings is 1. The van der Waals surface area contributed by atoms with Crippen LogP contribution < -0.4 is 5.32 Å². The van der Waals surface area contributed by atoms with Gasteiger partial charge in [0.05, 0.1) is 0 Å². The predicted octanol–water partition coefficient (Wildman–Crippen LogP) is 1.25. The Balaban J connectivity index is 1.30. The molecule has 1 aliphatic carbocycles. The lowest BCUT2D eigenvalue weighted by Crippen LogP contribution is -2.52. The van der Waals surface area contributed by atoms with E-state index < -0.39 is 0 Å². The lowest BCUT2D eigenvalue weighted by atomic mass is 9.65. The van der Waals surface area contributed by atoms with Gasteiger partial charge in [-0.05, 0) is 57.8 Å². The average molecular weight is 337 g/mol. The van der Waals surface area contributed by atoms with Gasteiger partial charge in [0.1, 0.15) is 0 Å². The highest BCUT2D eigenvalue weighted by Gasteiger charge is 2.48. The molecule has 0 aromatic carbocycles. The number of hydrogen-bond donors (Lipinski definition) is 1. The number of carbonyl (C=O) groups is 1. The van der Waals surface area contributed by atoms with Crippen LogP contribution in [-0.2, 0) is 4.79 Å². The number of nitrogens with one attached hydrogen (secondary N) is 1. The van der Waals surface area contributed by atoms with Gasteiger partial charge in [0.2, 0.25) is 5.91 Å². The van der Waals surface area contributed by atoms with Crippen LogP contribution in [0.25, 0.3) is 0 Å². The maximum absolute atomic E-state index is 11.8. The maximum atomic E-state index is 11.8. The number of hydrogen-bond acceptors (Lipinski definition) is 4. The summed E-state index contributed by atoms with van der Waals surface area (Å²) in [6, 6.07) is 0.435. The zero-order chi connectivity index (χ0) is 17.2. The van der Waals surface area contributed by atoms with E-state index >= 15 is 0 Å². The number of likely N-dealkylation sites (N-methyl/N-ethyl adjacent to an activating group) is 1. The molecule has 5 nitrogen and oxygen atoms in total. The molecule has 3 fully saturated rings. The third-order valence-electron chi connectivity index (χ3n) is 6.29. The quantitative estimate of drug-likeness (QED) is 0.792. The largest absolute Gasteiger partial charge is 0.353 e. The summed E-state index contributed by atoms with van der Waals surface area (Å²) in [6.45, 7) is 13.9. The van der Waals surface area contributed by atoms with Crippen molar-refractivity contribution in [1.82, 2.24) is 20.0 Å². The van der Waals surface area contributed by atoms with E-state index in [1.807, 2.05) is 13.8 Å². The normalized spacial score (nSPS) is 32.4. The first-order valence-corrected chi connectivity index (χ1v) is 9.89. The molecule has 0 atom stereocenters. The molecule has 0 aromatic rings. The molecule has 2 saturated heterocycles. The number of amides is 1. The van der Waals surface area contributed by atoms with Crippen molar-refractivity contribution in [3.05, 3.63) is 0 Å². The van der Waals surface area contributed by atoms with Gasteiger partial charge in [-0.2, -0.15) is 0 Å². The third kappa shape index (κ3) is 4.50. The van der Waals surface area contributed by atoms with Crippen LogP contribution in [-0.4, -0.2) is 86.1 Å². The van der Waals surface area contributed by atoms with Crippen molar-refractivity contribution in [1.29, 1.82) is 0 Å². The molecule has 0 radical (unpaired) electrons. The fourth-order valence-electron chi connectivity index (χ4n) is 4.60. The SMILES string of the molecule is CC(C)C(=O)NC1CC2(CCN(CCCN3CCN(C)CC3)C2)C1. The molecule has 0 aromatic heterocycles. The van der Waals surface area contributed by atoms with E-state index in [0.29, 0.717) is 11.5 Å². The molecule has 138 valence electrons. The third-order valence-corrected chi connectivity index (χ3v) is 6.29. The Bertz CT molecular complexity index is 425. The second kappa shape index (κ2) is 7.71. The molecule has 0 unspecified atom stereocenters. The van der Waals surface area contributed by atoms with E-state index in [9.17, 15) is 4.79 Å². The van der Waals surface area contributed by atoms with E-state index in [-0.39, 0.29) is 11.8 Å². The van der Waals surface area contributed by atoms with Crippen molar-refractivity contribution in [3.8, 4) is 0 Å². The molecule has 1 spiro atoms. The smallest absolute Gasteiger partial charge is 0.222 e. The number of rotatable bonds is 6. The summed E-state index contributed by atoms with van der Waals surface area (Å²) in [5, 5.41) is 3.20. The zero-order valence-corrected chi connectivity index (χ0v) is 15.9. The molecule has 0 bridgehead atoms. The van der Waals surface area contributed by atoms with Gasteiger partial charge in [0, 0.05) is 44.7 Å². The molecule has 2 aliphatic heterocycles. The molecule has 1 N–H and O–H groups in total. The summed E-state index contributed by atoms with van der Waals surface area (Å²) in [5.74, 6) is 0.327. The number of nitrogens with zero attached hydrogens (tertiary/aromatic N) is 3. The number of likely N-dealkylation sites (tertiary alicyclic amines) is 1. The Hall–Kier alpha value is -0.650. The van der Waals surface area contributed by atoms with Gasteiger partial charge in [-0.15, -0.1) is 0 Å². The van der Waals surface area contributed by atoms with Gasteiger partial charge in [-0.3, -0.25) is 4.79 Å². The first kappa shape index (κ1) is 18.2. The second-order valence-electron chi connectivity index (χ2n) is 8.79. The Morgan fingerprint density at radius 2 is 1.75 bits per heavy atom. The van der Waals surface area contributed by atoms with Crippen molar-refractivity contribution in [2.45, 2.75) is 45.6 Å². The Morgan fingerprint density at radius 3 is 2.42 bits per heavy atom. The predicted molar refractivity (Wildman–Crippen MR) is 98.0 cm³/mol. The minimum absolute atomic E-state index is 0.108. The summed E-state index contributed by atoms with van der Waals surface area (Å²) in [4.78, 5) is 19.5. The van der Waals surface area contributed by atoms with Crippen LogP contribution in [0.1, 0.15) is 39.5 Å². The lowest BCUT2D eigenvalue weighted by Gasteiger charge is -2.45. The highest BCUT2D eigenvalue weighted by Crippen LogP contribution is 2.48. The molecular formula is C19H36N4O. The fourth-order valence-corrected chi connectivity index (χ4v) is 4.60. The summed E-state index contributed by atoms with van der Waals surface area (Å²) >= 11 is 0. The van der Waals surface area contributed by atoms with E-state index in [1.54, 1.807) is 0 Å². The summed E-state index contributed by atoms with van der Waals surface area (Å²) < 4.78 is 0. The first-order chi connectivity index (χ1) is 11.5. The van der Waals surface area contributed by atoms with Crippen LogP contribution in [0.15, 0.2) is 0 Å². The number of carbonyl (C=O) groups excluding carboxylic acids is 1. The standard InChI is InChI=1S/C19H36N4O/c1-16(2)18(24)20-17-13-19(14-17)5-8-23(15-19)7-4-6-22-11-9-21(3)10-12-22/h16-17H,4-15H2,1-3H3,(H,20,24). The summed E-state index contributed by atoms with van der Waals surface area (Å²) in [7, 11) is 2.22. The summed E-state index contributed by atoms with van der Waals surface area (Å²) in [5.41, 5.74) is 0.517. The average Bonchev–Trinajstić information content (AvgIpc) is 2.93. The monoisotopic (exact) mass is 336 g/mol. The van der Waals surface area contributed by atoms with Crippen molar-refractivity contribution in [2.24, 2.45) is 11.3 Å². The van der Waals surface area contributed by atoms with Gasteiger partial charge in [0.15, 0.2) is 0 Å². The van der Waals surface area contributed by atoms with Crippen LogP contribution >= 0.6 is 0 Å². The first-order valence-electron chi connectivity index (χ1n) is 9.89. The van der Waals surface area contributed by atoms with Crippen molar-refractivity contribution < 1.29 is 4.79 Å². The topological polar surface area (TPSA) is 38.8 Å². The van der Waals surface area contributed by atoms with Crippen LogP contribution in [0.4, 0.5) is 0 Å². The van der Waals surface area contributed by atoms with E-state index in [2.05, 4.69) is 27.1 Å². The van der Waals surface area contributed by atoms with Crippen LogP contribution in [0.2, 0.25) is 0 Å². The van der Waals surface area contributed by atoms with Crippen LogP contribution in [0, 0.1) is 11.3 Å². The van der Waals surface area contributed by atoms with E-state index in [4.69, 9.17) is 0 Å². The molecule has 5 heteroatoms. The van der Waals surface area contributed by atoms with Crippen molar-refractivity contribution in [3.63, 3.8) is 0 Å². The highest BCUT2D eigenvalue weighted by atomic mass is 16.1. The minimum atomic E-state index is 0.108. The lowest BCUT2D eigenvalue weighted by molar-refractivity contribution is -0.126. The second-order valence-corrected chi connectivity index (χ2v) is 8.79. The molecule has 3 aliphatic rings. The maximum Gasteiger partial charge on any atom is 0.222 e. The zero-order valence-electron chi connectivity index (χ0n) is 15.9. The van der Waals surface area contributed by atoms with E-state index in [0.717, 1.165) is 0 Å². The fraction of sp³-hybridized carbons (Fsp3) is 0.947. The van der Waals surface area contributed by atoms with Gasteiger partial charge in [-0.1, -0.05) is 13.8 Å². The molecule has 2 heterocycles. The Morgan fingerprint density at radius 1 is 1.08 bits per heavy atom. The van der Waals surface area contributed by atoms with Crippen molar-refractivity contribution in [2.75, 3.05) is 59.4 Å². The molecule has 1 saturated carbocycles. The van der Waals surface area contributed by atoms with Gasteiger partial charge < -0.3 is 20.0 Å². The molecular weight excluding hydrogens is 300 g/mol. The Kier molecular flexibility index (Phi) is 5.83. The van der Waals surface area contributed by atoms with Crippen LogP contribution in [0.5, 0.6) is 0 Å². The minimum Gasteiger partial charge on any atom is -0.353 e. The van der Waals surface area contributed by atoms with Gasteiger partial charge in [-0.25, -0.2) is 0 Å². The Labute approximate surface area is 147 Å². The van der Waals surface area contributed by atoms with Gasteiger partial charge >= 0.3 is 0 Å². The molecule has 3 rings (SSSR count). The molecule has 1 amide bonds. The molecule has 24 heavy (non-hydrogen) atoms. The van der Waals surface area contributed by atoms with Crippen molar-refractivity contribution >= 4 is 5.91 Å².